The molecule has 7 nitrogen and oxygen atoms in total. The molecule has 1 aliphatic carbocycles. The predicted molar refractivity (Wildman–Crippen MR) is 139 cm³/mol. The molecule has 1 aromatic heterocycles. The second-order valence-corrected chi connectivity index (χ2v) is 10.3. The highest BCUT2D eigenvalue weighted by Gasteiger charge is 2.29. The monoisotopic (exact) mass is 528 g/mol. The summed E-state index contributed by atoms with van der Waals surface area (Å²) in [5.74, 6) is -1.16. The molecule has 2 aromatic carbocycles. The van der Waals surface area contributed by atoms with Crippen LogP contribution in [0, 0.1) is 11.6 Å². The van der Waals surface area contributed by atoms with Gasteiger partial charge in [-0.25, -0.2) is 18.6 Å². The SMILES string of the molecule is CC(C)c1ccc(OCc2nc(C(=O)NC3CCCCC3NC(=O)Nc3ccc(F)c(F)c3)cs2)cc1. The van der Waals surface area contributed by atoms with E-state index in [0.717, 1.165) is 30.7 Å². The zero-order valence-corrected chi connectivity index (χ0v) is 21.5. The lowest BCUT2D eigenvalue weighted by Crippen LogP contribution is -2.54. The number of nitrogens with zero attached hydrogens (tertiary/aromatic N) is 1. The number of anilines is 1. The molecule has 1 saturated carbocycles. The van der Waals surface area contributed by atoms with Crippen LogP contribution < -0.4 is 20.7 Å². The highest BCUT2D eigenvalue weighted by molar-refractivity contribution is 7.09. The van der Waals surface area contributed by atoms with Gasteiger partial charge in [0.05, 0.1) is 6.04 Å². The Morgan fingerprint density at radius 1 is 1.03 bits per heavy atom. The molecule has 1 heterocycles. The standard InChI is InChI=1S/C27H30F2N4O3S/c1-16(2)17-7-10-19(11-8-17)36-14-25-31-24(15-37-25)26(34)32-22-5-3-4-6-23(22)33-27(35)30-18-9-12-20(28)21(29)13-18/h7-13,15-16,22-23H,3-6,14H2,1-2H3,(H,32,34)(H2,30,33,35). The number of aromatic nitrogens is 1. The molecule has 2 atom stereocenters. The Hall–Kier alpha value is -3.53. The number of carbonyl (C=O) groups is 2. The fraction of sp³-hybridized carbons (Fsp3) is 0.370. The van der Waals surface area contributed by atoms with E-state index in [1.165, 1.54) is 23.0 Å². The predicted octanol–water partition coefficient (Wildman–Crippen LogP) is 5.99. The molecule has 0 radical (unpaired) electrons. The number of carbonyl (C=O) groups excluding carboxylic acids is 2. The van der Waals surface area contributed by atoms with Crippen LogP contribution in [0.4, 0.5) is 19.3 Å². The Labute approximate surface area is 218 Å². The maximum absolute atomic E-state index is 13.4. The number of urea groups is 1. The van der Waals surface area contributed by atoms with Crippen LogP contribution in [0.2, 0.25) is 0 Å². The third-order valence-corrected chi connectivity index (χ3v) is 7.09. The van der Waals surface area contributed by atoms with Gasteiger partial charge in [-0.15, -0.1) is 11.3 Å². The summed E-state index contributed by atoms with van der Waals surface area (Å²) in [6.07, 6.45) is 3.20. The molecule has 10 heteroatoms. The van der Waals surface area contributed by atoms with Crippen molar-refractivity contribution in [2.75, 3.05) is 5.32 Å². The van der Waals surface area contributed by atoms with Crippen molar-refractivity contribution in [3.05, 3.63) is 75.7 Å². The third-order valence-electron chi connectivity index (χ3n) is 6.27. The highest BCUT2D eigenvalue weighted by atomic mass is 32.1. The second-order valence-electron chi connectivity index (χ2n) is 9.34. The topological polar surface area (TPSA) is 92.3 Å². The van der Waals surface area contributed by atoms with Crippen LogP contribution in [0.1, 0.15) is 66.5 Å². The van der Waals surface area contributed by atoms with Crippen molar-refractivity contribution in [3.63, 3.8) is 0 Å². The molecule has 3 aromatic rings. The number of rotatable bonds is 8. The molecule has 0 saturated heterocycles. The first-order valence-electron chi connectivity index (χ1n) is 12.3. The molecule has 0 spiro atoms. The van der Waals surface area contributed by atoms with Crippen molar-refractivity contribution in [1.82, 2.24) is 15.6 Å². The van der Waals surface area contributed by atoms with Crippen LogP contribution >= 0.6 is 11.3 Å². The average Bonchev–Trinajstić information content (AvgIpc) is 3.36. The van der Waals surface area contributed by atoms with Gasteiger partial charge in [-0.05, 0) is 48.6 Å². The summed E-state index contributed by atoms with van der Waals surface area (Å²) in [5, 5.41) is 10.7. The van der Waals surface area contributed by atoms with Crippen molar-refractivity contribution in [2.45, 2.75) is 64.1 Å². The van der Waals surface area contributed by atoms with E-state index in [9.17, 15) is 18.4 Å². The Morgan fingerprint density at radius 2 is 1.73 bits per heavy atom. The van der Waals surface area contributed by atoms with Gasteiger partial charge < -0.3 is 20.7 Å². The maximum Gasteiger partial charge on any atom is 0.319 e. The number of nitrogens with one attached hydrogen (secondary N) is 3. The van der Waals surface area contributed by atoms with Crippen molar-refractivity contribution in [2.24, 2.45) is 0 Å². The first kappa shape index (κ1) is 26.5. The first-order chi connectivity index (χ1) is 17.8. The van der Waals surface area contributed by atoms with Crippen molar-refractivity contribution < 1.29 is 23.1 Å². The first-order valence-corrected chi connectivity index (χ1v) is 13.2. The van der Waals surface area contributed by atoms with Gasteiger partial charge in [-0.2, -0.15) is 0 Å². The molecule has 37 heavy (non-hydrogen) atoms. The largest absolute Gasteiger partial charge is 0.486 e. The maximum atomic E-state index is 13.4. The summed E-state index contributed by atoms with van der Waals surface area (Å²) in [7, 11) is 0. The van der Waals surface area contributed by atoms with Gasteiger partial charge in [0.15, 0.2) is 11.6 Å². The molecule has 1 aliphatic rings. The van der Waals surface area contributed by atoms with Crippen LogP contribution in [-0.4, -0.2) is 29.0 Å². The zero-order valence-electron chi connectivity index (χ0n) is 20.7. The van der Waals surface area contributed by atoms with Gasteiger partial charge in [0, 0.05) is 23.2 Å². The summed E-state index contributed by atoms with van der Waals surface area (Å²) in [6.45, 7) is 4.53. The quantitative estimate of drug-likeness (QED) is 0.335. The number of hydrogen-bond acceptors (Lipinski definition) is 5. The molecule has 4 rings (SSSR count). The summed E-state index contributed by atoms with van der Waals surface area (Å²) in [4.78, 5) is 29.7. The number of amides is 3. The smallest absolute Gasteiger partial charge is 0.319 e. The number of halogens is 2. The summed E-state index contributed by atoms with van der Waals surface area (Å²) in [6, 6.07) is 9.93. The zero-order chi connectivity index (χ0) is 26.4. The van der Waals surface area contributed by atoms with E-state index in [0.29, 0.717) is 29.5 Å². The Morgan fingerprint density at radius 3 is 2.41 bits per heavy atom. The lowest BCUT2D eigenvalue weighted by atomic mass is 9.90. The number of hydrogen-bond donors (Lipinski definition) is 3. The van der Waals surface area contributed by atoms with Gasteiger partial charge >= 0.3 is 6.03 Å². The Kier molecular flexibility index (Phi) is 8.70. The number of ether oxygens (including phenoxy) is 1. The van der Waals surface area contributed by atoms with E-state index < -0.39 is 17.7 Å². The van der Waals surface area contributed by atoms with Gasteiger partial charge in [0.1, 0.15) is 23.1 Å². The van der Waals surface area contributed by atoms with E-state index in [2.05, 4.69) is 34.8 Å². The normalized spacial score (nSPS) is 17.3. The van der Waals surface area contributed by atoms with Crippen LogP contribution in [0.15, 0.2) is 47.8 Å². The minimum atomic E-state index is -1.04. The molecule has 196 valence electrons. The second kappa shape index (κ2) is 12.1. The molecule has 2 unspecified atom stereocenters. The fourth-order valence-corrected chi connectivity index (χ4v) is 4.89. The highest BCUT2D eigenvalue weighted by Crippen LogP contribution is 2.22. The van der Waals surface area contributed by atoms with Crippen molar-refractivity contribution in [3.8, 4) is 5.75 Å². The Balaban J connectivity index is 1.30. The van der Waals surface area contributed by atoms with Crippen molar-refractivity contribution >= 4 is 29.0 Å². The van der Waals surface area contributed by atoms with Gasteiger partial charge in [0.25, 0.3) is 5.91 Å². The van der Waals surface area contributed by atoms with Gasteiger partial charge in [-0.3, -0.25) is 4.79 Å². The van der Waals surface area contributed by atoms with Crippen LogP contribution in [-0.2, 0) is 6.61 Å². The van der Waals surface area contributed by atoms with Gasteiger partial charge in [0.2, 0.25) is 0 Å². The number of thiazole rings is 1. The van der Waals surface area contributed by atoms with Crippen LogP contribution in [0.5, 0.6) is 5.75 Å². The van der Waals surface area contributed by atoms with E-state index in [-0.39, 0.29) is 30.3 Å². The fourth-order valence-electron chi connectivity index (χ4n) is 4.20. The summed E-state index contributed by atoms with van der Waals surface area (Å²) < 4.78 is 32.4. The molecular weight excluding hydrogens is 498 g/mol. The Bertz CT molecular complexity index is 1230. The minimum absolute atomic E-state index is 0.140. The molecule has 1 fully saturated rings. The van der Waals surface area contributed by atoms with Crippen LogP contribution in [0.3, 0.4) is 0 Å². The van der Waals surface area contributed by atoms with Gasteiger partial charge in [-0.1, -0.05) is 38.8 Å². The van der Waals surface area contributed by atoms with E-state index in [4.69, 9.17) is 4.74 Å². The molecule has 0 aliphatic heterocycles. The summed E-state index contributed by atoms with van der Waals surface area (Å²) >= 11 is 1.35. The molecule has 3 N–H and O–H groups in total. The van der Waals surface area contributed by atoms with Crippen molar-refractivity contribution in [1.29, 1.82) is 0 Å². The molecular formula is C27H30F2N4O3S. The minimum Gasteiger partial charge on any atom is -0.486 e. The van der Waals surface area contributed by atoms with E-state index in [1.807, 2.05) is 24.3 Å². The number of benzene rings is 2. The summed E-state index contributed by atoms with van der Waals surface area (Å²) in [5.41, 5.74) is 1.67. The lowest BCUT2D eigenvalue weighted by molar-refractivity contribution is 0.0911. The van der Waals surface area contributed by atoms with Crippen LogP contribution in [0.25, 0.3) is 0 Å². The average molecular weight is 529 g/mol. The lowest BCUT2D eigenvalue weighted by Gasteiger charge is -2.32. The molecule has 0 bridgehead atoms. The van der Waals surface area contributed by atoms with E-state index in [1.54, 1.807) is 5.38 Å². The third kappa shape index (κ3) is 7.25. The molecule has 3 amide bonds. The van der Waals surface area contributed by atoms with E-state index >= 15 is 0 Å².